The molecule has 1 aromatic rings. The minimum atomic E-state index is -1.01. The van der Waals surface area contributed by atoms with Crippen molar-refractivity contribution >= 4 is 35.8 Å². The molecule has 1 aromatic carbocycles. The Kier molecular flexibility index (Phi) is 39.3. The SMILES string of the molecule is C1N2CN3CN1CN(C2)C3.C1N2CN3CN1CN(C2)C3.C1N2CN3CN1CN(C2)C3.CC(C)(C)C(=O)[O-].CC(C)(C)C(=O)[O-].CC(C)(C)C(=O)[O-].CC(C)(C)C(=O)[O-].CC(C)(C)C(=O)[O-].CC(C)(C)C(=O)[O-].Cc1ccccc1.[Mn+3].[Mn+3].[Mn+3].[O-2]. The van der Waals surface area contributed by atoms with E-state index in [9.17, 15) is 59.4 Å². The summed E-state index contributed by atoms with van der Waals surface area (Å²) in [4.78, 5) is 89.1. The Hall–Kier alpha value is -2.92. The summed E-state index contributed by atoms with van der Waals surface area (Å²) in [7, 11) is 0. The second-order valence-electron chi connectivity index (χ2n) is 27.5. The molecule has 25 nitrogen and oxygen atoms in total. The van der Waals surface area contributed by atoms with E-state index in [1.807, 2.05) is 18.2 Å². The molecule has 12 fully saturated rings. The number of rotatable bonds is 0. The van der Waals surface area contributed by atoms with Crippen molar-refractivity contribution in [3.63, 3.8) is 0 Å². The number of carbonyl (C=O) groups excluding carboxylic acids is 6. The van der Waals surface area contributed by atoms with Gasteiger partial charge in [0.1, 0.15) is 0 Å². The van der Waals surface area contributed by atoms with Crippen LogP contribution < -0.4 is 30.6 Å². The largest absolute Gasteiger partial charge is 3.00 e. The maximum Gasteiger partial charge on any atom is 3.00 e. The summed E-state index contributed by atoms with van der Waals surface area (Å²) in [6.45, 7) is 52.3. The Balaban J connectivity index is -0.000000418. The zero-order valence-electron chi connectivity index (χ0n) is 52.9. The van der Waals surface area contributed by atoms with Gasteiger partial charge in [-0.05, 0) is 6.92 Å². The van der Waals surface area contributed by atoms with Gasteiger partial charge in [-0.3, -0.25) is 58.8 Å². The molecule has 28 heteroatoms. The summed E-state index contributed by atoms with van der Waals surface area (Å²) in [5.41, 5.74) is -2.84. The smallest absolute Gasteiger partial charge is 2.00 e. The number of aryl methyl sites for hydroxylation is 1. The summed E-state index contributed by atoms with van der Waals surface area (Å²) >= 11 is 0. The third kappa shape index (κ3) is 36.7. The van der Waals surface area contributed by atoms with Crippen LogP contribution in [-0.2, 0) is 85.4 Å². The van der Waals surface area contributed by atoms with E-state index in [1.54, 1.807) is 125 Å². The van der Waals surface area contributed by atoms with Gasteiger partial charge in [-0.15, -0.1) is 0 Å². The number of benzene rings is 1. The van der Waals surface area contributed by atoms with Crippen LogP contribution in [0.25, 0.3) is 0 Å². The van der Waals surface area contributed by atoms with Gasteiger partial charge in [0.2, 0.25) is 0 Å². The summed E-state index contributed by atoms with van der Waals surface area (Å²) in [6.07, 6.45) is 0. The third-order valence-corrected chi connectivity index (χ3v) is 11.8. The van der Waals surface area contributed by atoms with E-state index in [0.29, 0.717) is 0 Å². The van der Waals surface area contributed by atoms with Crippen molar-refractivity contribution in [1.29, 1.82) is 0 Å². The Bertz CT molecular complexity index is 1640. The maximum absolute atomic E-state index is 9.91. The molecule has 12 aliphatic heterocycles. The van der Waals surface area contributed by atoms with Crippen LogP contribution in [-0.4, -0.2) is 215 Å². The van der Waals surface area contributed by atoms with Crippen molar-refractivity contribution < 1.29 is 116 Å². The van der Waals surface area contributed by atoms with E-state index in [4.69, 9.17) is 0 Å². The molecule has 12 heterocycles. The van der Waals surface area contributed by atoms with Gasteiger partial charge in [-0.2, -0.15) is 0 Å². The number of hydrogen-bond acceptors (Lipinski definition) is 24. The van der Waals surface area contributed by atoms with Crippen molar-refractivity contribution in [2.75, 3.05) is 120 Å². The molecule has 0 aliphatic carbocycles. The van der Waals surface area contributed by atoms with E-state index < -0.39 is 68.3 Å². The predicted octanol–water partition coefficient (Wildman–Crippen LogP) is -2.50. The predicted molar refractivity (Wildman–Crippen MR) is 288 cm³/mol. The molecule has 12 aliphatic rings. The number of nitrogens with zero attached hydrogens (tertiary/aromatic N) is 12. The number of carboxylic acid groups (broad SMARTS) is 6. The first-order valence-corrected chi connectivity index (χ1v) is 26.7. The molecule has 0 radical (unpaired) electrons. The van der Waals surface area contributed by atoms with E-state index in [1.165, 1.54) is 126 Å². The Labute approximate surface area is 527 Å². The summed E-state index contributed by atoms with van der Waals surface area (Å²) in [6, 6.07) is 10.3. The van der Waals surface area contributed by atoms with Crippen LogP contribution in [0.15, 0.2) is 30.3 Å². The fourth-order valence-electron chi connectivity index (χ4n) is 7.24. The normalized spacial score (nSPS) is 27.3. The van der Waals surface area contributed by atoms with Crippen LogP contribution in [0.5, 0.6) is 0 Å². The quantitative estimate of drug-likeness (QED) is 0.243. The van der Waals surface area contributed by atoms with Gasteiger partial charge in [0.05, 0.1) is 120 Å². The van der Waals surface area contributed by atoms with Gasteiger partial charge in [0, 0.05) is 68.3 Å². The van der Waals surface area contributed by atoms with Crippen molar-refractivity contribution in [2.24, 2.45) is 32.5 Å². The van der Waals surface area contributed by atoms with Crippen LogP contribution in [0, 0.1) is 39.4 Å². The number of aliphatic carboxylic acids is 6. The molecule has 0 amide bonds. The van der Waals surface area contributed by atoms with Gasteiger partial charge in [0.25, 0.3) is 0 Å². The molecule has 13 rings (SSSR count). The molecular weight excluding hydrogens is 1200 g/mol. The number of carbonyl (C=O) groups is 6. The van der Waals surface area contributed by atoms with Gasteiger partial charge in [-0.1, -0.05) is 161 Å². The molecule has 0 saturated carbocycles. The first-order chi connectivity index (χ1) is 35.8. The standard InChI is InChI=1S/C7H8.3C6H12N4.6C5H10O2.3Mn.O/c1-7-5-3-2-4-6-7;3*1-7-2-9-4-8(1)5-10(3-7)6-9;6*1-5(2,3)4(6)7;;;;/h2-6H,1H3;3*1-6H2;6*1-3H3,(H,6,7);;;;/q;;;;;;;;;;3*+3;-2/p-6. The van der Waals surface area contributed by atoms with E-state index in [0.717, 1.165) is 0 Å². The van der Waals surface area contributed by atoms with E-state index in [-0.39, 0.29) is 56.7 Å². The van der Waals surface area contributed by atoms with Gasteiger partial charge < -0.3 is 64.9 Å². The van der Waals surface area contributed by atoms with Gasteiger partial charge >= 0.3 is 51.2 Å². The van der Waals surface area contributed by atoms with E-state index >= 15 is 0 Å². The first-order valence-electron chi connectivity index (χ1n) is 26.7. The molecule has 12 bridgehead atoms. The molecule has 0 aromatic heterocycles. The fourth-order valence-corrected chi connectivity index (χ4v) is 7.24. The Morgan fingerprint density at radius 1 is 0.265 bits per heavy atom. The van der Waals surface area contributed by atoms with Crippen LogP contribution in [0.2, 0.25) is 0 Å². The second kappa shape index (κ2) is 37.7. The molecule has 476 valence electrons. The minimum absolute atomic E-state index is 0. The van der Waals surface area contributed by atoms with Gasteiger partial charge in [-0.25, -0.2) is 0 Å². The third-order valence-electron chi connectivity index (χ3n) is 11.8. The van der Waals surface area contributed by atoms with Crippen LogP contribution >= 0.6 is 0 Å². The van der Waals surface area contributed by atoms with Crippen molar-refractivity contribution in [3.8, 4) is 0 Å². The van der Waals surface area contributed by atoms with Crippen LogP contribution in [0.1, 0.15) is 130 Å². The zero-order chi connectivity index (χ0) is 61.2. The van der Waals surface area contributed by atoms with Crippen molar-refractivity contribution in [1.82, 2.24) is 58.8 Å². The number of carboxylic acids is 6. The minimum Gasteiger partial charge on any atom is -2.00 e. The second-order valence-corrected chi connectivity index (χ2v) is 27.5. The van der Waals surface area contributed by atoms with Crippen LogP contribution in [0.3, 0.4) is 0 Å². The molecule has 0 unspecified atom stereocenters. The van der Waals surface area contributed by atoms with Crippen LogP contribution in [0.4, 0.5) is 0 Å². The zero-order valence-corrected chi connectivity index (χ0v) is 56.5. The molecule has 0 N–H and O–H groups in total. The molecule has 83 heavy (non-hydrogen) atoms. The molecule has 12 saturated heterocycles. The van der Waals surface area contributed by atoms with Crippen molar-refractivity contribution in [2.45, 2.75) is 132 Å². The van der Waals surface area contributed by atoms with Crippen molar-refractivity contribution in [3.05, 3.63) is 35.9 Å². The summed E-state index contributed by atoms with van der Waals surface area (Å²) in [5.74, 6) is -6.04. The molecule has 0 atom stereocenters. The summed E-state index contributed by atoms with van der Waals surface area (Å²) < 4.78 is 0. The first kappa shape index (κ1) is 86.5. The van der Waals surface area contributed by atoms with E-state index in [2.05, 4.69) is 77.9 Å². The Morgan fingerprint density at radius 3 is 0.398 bits per heavy atom. The maximum atomic E-state index is 9.91. The fraction of sp³-hybridized carbons (Fsp3) is 0.782. The Morgan fingerprint density at radius 2 is 0.349 bits per heavy atom. The topological polar surface area (TPSA) is 308 Å². The average Bonchev–Trinajstić information content (AvgIpc) is 3.25. The summed E-state index contributed by atoms with van der Waals surface area (Å²) in [5, 5.41) is 59.5. The molecule has 0 spiro atoms. The average molecular weight is 1300 g/mol. The number of hydrogen-bond donors (Lipinski definition) is 0. The van der Waals surface area contributed by atoms with Gasteiger partial charge in [0.15, 0.2) is 0 Å². The monoisotopic (exact) mass is 1300 g/mol. The molecular formula is C55H98Mn3N12O13+.